The van der Waals surface area contributed by atoms with Crippen LogP contribution in [0, 0.1) is 0 Å². The van der Waals surface area contributed by atoms with Gasteiger partial charge in [0.05, 0.1) is 0 Å². The maximum atomic E-state index is 8.78. The molecule has 0 heterocycles. The number of nitrogens with zero attached hydrogens (tertiary/aromatic N) is 2. The number of hydrogen-bond acceptors (Lipinski definition) is 5. The summed E-state index contributed by atoms with van der Waals surface area (Å²) < 4.78 is 0. The van der Waals surface area contributed by atoms with Gasteiger partial charge in [-0.15, -0.1) is 0 Å². The zero-order valence-electron chi connectivity index (χ0n) is 6.72. The standard InChI is InChI=1S/C4H8N2O2.CH3NO2/c1-3(5-7)4(2)6-8;2-1(3)4/h7-8H,1-2H3;2H2,(H,3,4)/b5-3+,6-4+;. The van der Waals surface area contributed by atoms with Gasteiger partial charge in [0.25, 0.3) is 0 Å². The molecule has 0 aromatic heterocycles. The van der Waals surface area contributed by atoms with Crippen LogP contribution in [0.2, 0.25) is 0 Å². The van der Waals surface area contributed by atoms with Crippen LogP contribution in [0.3, 0.4) is 0 Å². The Morgan fingerprint density at radius 3 is 1.42 bits per heavy atom. The predicted octanol–water partition coefficient (Wildman–Crippen LogP) is 0.310. The molecule has 0 bridgehead atoms. The van der Waals surface area contributed by atoms with E-state index < -0.39 is 6.09 Å². The fourth-order valence-corrected chi connectivity index (χ4v) is 0.145. The molecule has 0 aliphatic carbocycles. The van der Waals surface area contributed by atoms with Crippen molar-refractivity contribution in [3.05, 3.63) is 0 Å². The molecule has 0 rings (SSSR count). The number of carbonyl (C=O) groups is 1. The first kappa shape index (κ1) is 12.8. The Labute approximate surface area is 68.8 Å². The number of rotatable bonds is 1. The van der Waals surface area contributed by atoms with Gasteiger partial charge in [-0.25, -0.2) is 4.79 Å². The summed E-state index contributed by atoms with van der Waals surface area (Å²) >= 11 is 0. The van der Waals surface area contributed by atoms with Crippen molar-refractivity contribution in [3.8, 4) is 0 Å². The lowest BCUT2D eigenvalue weighted by molar-refractivity contribution is 0.205. The molecule has 1 amide bonds. The van der Waals surface area contributed by atoms with Gasteiger partial charge in [-0.05, 0) is 13.8 Å². The Morgan fingerprint density at radius 1 is 1.17 bits per heavy atom. The van der Waals surface area contributed by atoms with Gasteiger partial charge < -0.3 is 21.3 Å². The molecule has 5 N–H and O–H groups in total. The lowest BCUT2D eigenvalue weighted by atomic mass is 10.3. The third-order valence-corrected chi connectivity index (χ3v) is 0.824. The van der Waals surface area contributed by atoms with E-state index in [4.69, 9.17) is 20.3 Å². The summed E-state index contributed by atoms with van der Waals surface area (Å²) in [5.74, 6) is 0. The van der Waals surface area contributed by atoms with Crippen molar-refractivity contribution in [2.24, 2.45) is 16.0 Å². The number of nitrogens with two attached hydrogens (primary N) is 1. The number of hydrogen-bond donors (Lipinski definition) is 4. The molecule has 0 saturated carbocycles. The van der Waals surface area contributed by atoms with Crippen LogP contribution in [0.4, 0.5) is 4.79 Å². The van der Waals surface area contributed by atoms with E-state index in [2.05, 4.69) is 16.0 Å². The summed E-state index contributed by atoms with van der Waals surface area (Å²) in [7, 11) is 0. The van der Waals surface area contributed by atoms with Crippen LogP contribution in [0.5, 0.6) is 0 Å². The van der Waals surface area contributed by atoms with Crippen molar-refractivity contribution >= 4 is 17.5 Å². The molecule has 7 heteroatoms. The highest BCUT2D eigenvalue weighted by Crippen LogP contribution is 1.79. The van der Waals surface area contributed by atoms with Crippen LogP contribution in [0.1, 0.15) is 13.8 Å². The normalized spacial score (nSPS) is 11.5. The highest BCUT2D eigenvalue weighted by Gasteiger charge is 1.93. The minimum Gasteiger partial charge on any atom is -0.465 e. The largest absolute Gasteiger partial charge is 0.465 e. The van der Waals surface area contributed by atoms with Crippen LogP contribution in [-0.2, 0) is 0 Å². The molecule has 0 saturated heterocycles. The molecule has 70 valence electrons. The lowest BCUT2D eigenvalue weighted by Crippen LogP contribution is -2.04. The molecular formula is C5H11N3O4. The minimum atomic E-state index is -1.33. The van der Waals surface area contributed by atoms with Crippen LogP contribution in [-0.4, -0.2) is 33.0 Å². The Hall–Kier alpha value is -1.79. The number of primary amides is 1. The topological polar surface area (TPSA) is 128 Å². The molecule has 0 aromatic carbocycles. The highest BCUT2D eigenvalue weighted by atomic mass is 16.4. The SMILES string of the molecule is CC(=N\O)/C(C)=N/O.NC(=O)O. The van der Waals surface area contributed by atoms with Crippen molar-refractivity contribution in [1.82, 2.24) is 0 Å². The third kappa shape index (κ3) is 11.1. The van der Waals surface area contributed by atoms with Gasteiger partial charge in [0, 0.05) is 0 Å². The van der Waals surface area contributed by atoms with Gasteiger partial charge in [0.15, 0.2) is 0 Å². The molecule has 0 unspecified atom stereocenters. The van der Waals surface area contributed by atoms with E-state index in [1.807, 2.05) is 0 Å². The number of amides is 1. The van der Waals surface area contributed by atoms with Gasteiger partial charge in [0.1, 0.15) is 11.4 Å². The van der Waals surface area contributed by atoms with Gasteiger partial charge in [0.2, 0.25) is 0 Å². The molecule has 12 heavy (non-hydrogen) atoms. The molecule has 0 fully saturated rings. The zero-order valence-corrected chi connectivity index (χ0v) is 6.72. The molecule has 0 atom stereocenters. The summed E-state index contributed by atoms with van der Waals surface area (Å²) in [5.41, 5.74) is 4.65. The first-order valence-corrected chi connectivity index (χ1v) is 2.81. The molecule has 0 aliphatic rings. The predicted molar refractivity (Wildman–Crippen MR) is 42.0 cm³/mol. The maximum Gasteiger partial charge on any atom is 0.402 e. The van der Waals surface area contributed by atoms with Crippen LogP contribution in [0.15, 0.2) is 10.3 Å². The summed E-state index contributed by atoms with van der Waals surface area (Å²) in [5, 5.41) is 28.8. The minimum absolute atomic E-state index is 0.313. The number of oxime groups is 2. The average molecular weight is 177 g/mol. The van der Waals surface area contributed by atoms with E-state index in [1.165, 1.54) is 13.8 Å². The summed E-state index contributed by atoms with van der Waals surface area (Å²) in [6.07, 6.45) is -1.33. The van der Waals surface area contributed by atoms with E-state index in [1.54, 1.807) is 0 Å². The van der Waals surface area contributed by atoms with Crippen LogP contribution < -0.4 is 5.73 Å². The summed E-state index contributed by atoms with van der Waals surface area (Å²) in [6.45, 7) is 3.07. The second-order valence-electron chi connectivity index (χ2n) is 1.71. The van der Waals surface area contributed by atoms with Gasteiger partial charge in [-0.2, -0.15) is 0 Å². The third-order valence-electron chi connectivity index (χ3n) is 0.824. The quantitative estimate of drug-likeness (QED) is 0.261. The second-order valence-corrected chi connectivity index (χ2v) is 1.71. The van der Waals surface area contributed by atoms with Crippen molar-refractivity contribution in [1.29, 1.82) is 0 Å². The Bertz CT molecular complexity index is 179. The van der Waals surface area contributed by atoms with Crippen molar-refractivity contribution in [2.45, 2.75) is 13.8 Å². The molecular weight excluding hydrogens is 166 g/mol. The fraction of sp³-hybridized carbons (Fsp3) is 0.400. The average Bonchev–Trinajstić information content (AvgIpc) is 2.00. The van der Waals surface area contributed by atoms with Crippen molar-refractivity contribution < 1.29 is 20.3 Å². The monoisotopic (exact) mass is 177 g/mol. The Morgan fingerprint density at radius 2 is 1.33 bits per heavy atom. The van der Waals surface area contributed by atoms with Crippen molar-refractivity contribution in [3.63, 3.8) is 0 Å². The Kier molecular flexibility index (Phi) is 7.84. The van der Waals surface area contributed by atoms with E-state index in [0.29, 0.717) is 11.4 Å². The first-order valence-electron chi connectivity index (χ1n) is 2.81. The lowest BCUT2D eigenvalue weighted by Gasteiger charge is -1.88. The summed E-state index contributed by atoms with van der Waals surface area (Å²) in [4.78, 5) is 8.78. The summed E-state index contributed by atoms with van der Waals surface area (Å²) in [6, 6.07) is 0. The molecule has 0 spiro atoms. The first-order chi connectivity index (χ1) is 5.45. The second kappa shape index (κ2) is 7.32. The van der Waals surface area contributed by atoms with E-state index in [-0.39, 0.29) is 0 Å². The maximum absolute atomic E-state index is 8.78. The smallest absolute Gasteiger partial charge is 0.402 e. The van der Waals surface area contributed by atoms with Gasteiger partial charge >= 0.3 is 6.09 Å². The van der Waals surface area contributed by atoms with E-state index >= 15 is 0 Å². The van der Waals surface area contributed by atoms with E-state index in [0.717, 1.165) is 0 Å². The molecule has 0 aromatic rings. The highest BCUT2D eigenvalue weighted by molar-refractivity contribution is 6.40. The molecule has 7 nitrogen and oxygen atoms in total. The van der Waals surface area contributed by atoms with E-state index in [9.17, 15) is 0 Å². The Balaban J connectivity index is 0. The molecule has 0 aliphatic heterocycles. The van der Waals surface area contributed by atoms with Crippen LogP contribution >= 0.6 is 0 Å². The fourth-order valence-electron chi connectivity index (χ4n) is 0.145. The molecule has 0 radical (unpaired) electrons. The zero-order chi connectivity index (χ0) is 10.1. The van der Waals surface area contributed by atoms with Gasteiger partial charge in [-0.3, -0.25) is 0 Å². The van der Waals surface area contributed by atoms with Gasteiger partial charge in [-0.1, -0.05) is 10.3 Å². The van der Waals surface area contributed by atoms with Crippen molar-refractivity contribution in [2.75, 3.05) is 0 Å². The number of carboxylic acid groups (broad SMARTS) is 1. The van der Waals surface area contributed by atoms with Crippen LogP contribution in [0.25, 0.3) is 0 Å².